The number of benzene rings is 2. The van der Waals surface area contributed by atoms with Gasteiger partial charge in [0.2, 0.25) is 5.91 Å². The predicted molar refractivity (Wildman–Crippen MR) is 92.7 cm³/mol. The first-order chi connectivity index (χ1) is 10.6. The Bertz CT molecular complexity index is 668. The van der Waals surface area contributed by atoms with E-state index in [1.165, 1.54) is 6.08 Å². The summed E-state index contributed by atoms with van der Waals surface area (Å²) in [7, 11) is 1.61. The molecule has 1 atom stereocenters. The summed E-state index contributed by atoms with van der Waals surface area (Å²) in [6.07, 6.45) is 3.26. The second kappa shape index (κ2) is 7.80. The minimum atomic E-state index is -0.140. The number of nitrogens with one attached hydrogen (secondary N) is 1. The lowest BCUT2D eigenvalue weighted by atomic mass is 10.1. The van der Waals surface area contributed by atoms with Crippen LogP contribution in [0.4, 0.5) is 0 Å². The number of halogens is 1. The normalized spacial score (nSPS) is 12.1. The summed E-state index contributed by atoms with van der Waals surface area (Å²) in [5, 5.41) is 2.94. The molecule has 2 aromatic carbocycles. The van der Waals surface area contributed by atoms with Crippen LogP contribution in [-0.4, -0.2) is 13.0 Å². The number of hydrogen-bond acceptors (Lipinski definition) is 2. The number of amides is 1. The van der Waals surface area contributed by atoms with E-state index in [4.69, 9.17) is 4.74 Å². The van der Waals surface area contributed by atoms with Crippen LogP contribution in [0.25, 0.3) is 6.08 Å². The van der Waals surface area contributed by atoms with Gasteiger partial charge in [-0.1, -0.05) is 46.3 Å². The smallest absolute Gasteiger partial charge is 0.244 e. The molecule has 2 rings (SSSR count). The van der Waals surface area contributed by atoms with Crippen molar-refractivity contribution in [3.05, 3.63) is 70.2 Å². The highest BCUT2D eigenvalue weighted by Crippen LogP contribution is 2.24. The van der Waals surface area contributed by atoms with Crippen molar-refractivity contribution in [1.29, 1.82) is 0 Å². The highest BCUT2D eigenvalue weighted by atomic mass is 79.9. The summed E-state index contributed by atoms with van der Waals surface area (Å²) in [6, 6.07) is 15.5. The molecule has 0 bridgehead atoms. The number of carbonyl (C=O) groups is 1. The van der Waals surface area contributed by atoms with Crippen LogP contribution >= 0.6 is 15.9 Å². The molecule has 3 nitrogen and oxygen atoms in total. The third kappa shape index (κ3) is 4.46. The molecule has 0 spiro atoms. The second-order valence-corrected chi connectivity index (χ2v) is 5.78. The van der Waals surface area contributed by atoms with Crippen molar-refractivity contribution >= 4 is 27.9 Å². The minimum absolute atomic E-state index is 0.0391. The van der Waals surface area contributed by atoms with Gasteiger partial charge in [-0.3, -0.25) is 4.79 Å². The first-order valence-electron chi connectivity index (χ1n) is 6.97. The van der Waals surface area contributed by atoms with Crippen molar-refractivity contribution < 1.29 is 9.53 Å². The Morgan fingerprint density at radius 1 is 1.23 bits per heavy atom. The van der Waals surface area contributed by atoms with Crippen LogP contribution in [0, 0.1) is 0 Å². The monoisotopic (exact) mass is 359 g/mol. The third-order valence-corrected chi connectivity index (χ3v) is 3.76. The van der Waals surface area contributed by atoms with E-state index >= 15 is 0 Å². The fourth-order valence-corrected chi connectivity index (χ4v) is 2.47. The van der Waals surface area contributed by atoms with Crippen LogP contribution in [0.3, 0.4) is 0 Å². The van der Waals surface area contributed by atoms with Gasteiger partial charge in [0, 0.05) is 16.1 Å². The van der Waals surface area contributed by atoms with Gasteiger partial charge in [-0.25, -0.2) is 0 Å². The SMILES string of the molecule is COc1ccc(Br)cc1/C=C/C(=O)N[C@@H](C)c1ccccc1. The fraction of sp³-hybridized carbons (Fsp3) is 0.167. The van der Waals surface area contributed by atoms with E-state index in [2.05, 4.69) is 21.2 Å². The third-order valence-electron chi connectivity index (χ3n) is 3.26. The number of rotatable bonds is 5. The van der Waals surface area contributed by atoms with Gasteiger partial charge in [0.05, 0.1) is 13.2 Å². The maximum absolute atomic E-state index is 12.0. The van der Waals surface area contributed by atoms with Crippen molar-refractivity contribution in [3.63, 3.8) is 0 Å². The van der Waals surface area contributed by atoms with E-state index in [0.29, 0.717) is 0 Å². The van der Waals surface area contributed by atoms with E-state index in [1.54, 1.807) is 13.2 Å². The predicted octanol–water partition coefficient (Wildman–Crippen LogP) is 4.35. The lowest BCUT2D eigenvalue weighted by Crippen LogP contribution is -2.24. The molecule has 4 heteroatoms. The van der Waals surface area contributed by atoms with Crippen molar-refractivity contribution in [1.82, 2.24) is 5.32 Å². The molecule has 2 aromatic rings. The maximum atomic E-state index is 12.0. The Hall–Kier alpha value is -2.07. The van der Waals surface area contributed by atoms with E-state index in [0.717, 1.165) is 21.3 Å². The zero-order valence-electron chi connectivity index (χ0n) is 12.5. The second-order valence-electron chi connectivity index (χ2n) is 4.86. The molecule has 1 N–H and O–H groups in total. The van der Waals surface area contributed by atoms with Crippen molar-refractivity contribution in [2.45, 2.75) is 13.0 Å². The molecular weight excluding hydrogens is 342 g/mol. The van der Waals surface area contributed by atoms with Crippen LogP contribution in [-0.2, 0) is 4.79 Å². The van der Waals surface area contributed by atoms with Gasteiger partial charge < -0.3 is 10.1 Å². The van der Waals surface area contributed by atoms with Gasteiger partial charge in [0.25, 0.3) is 0 Å². The Morgan fingerprint density at radius 2 is 1.95 bits per heavy atom. The molecule has 0 aliphatic carbocycles. The van der Waals surface area contributed by atoms with Gasteiger partial charge >= 0.3 is 0 Å². The molecule has 1 amide bonds. The van der Waals surface area contributed by atoms with E-state index < -0.39 is 0 Å². The van der Waals surface area contributed by atoms with Crippen LogP contribution in [0.1, 0.15) is 24.1 Å². The molecule has 0 fully saturated rings. The summed E-state index contributed by atoms with van der Waals surface area (Å²) < 4.78 is 6.22. The first-order valence-corrected chi connectivity index (χ1v) is 7.76. The Morgan fingerprint density at radius 3 is 2.64 bits per heavy atom. The molecular formula is C18H18BrNO2. The molecule has 0 saturated carbocycles. The highest BCUT2D eigenvalue weighted by molar-refractivity contribution is 9.10. The Balaban J connectivity index is 2.04. The molecule has 0 aromatic heterocycles. The molecule has 0 aliphatic heterocycles. The van der Waals surface area contributed by atoms with Crippen LogP contribution < -0.4 is 10.1 Å². The van der Waals surface area contributed by atoms with Gasteiger partial charge in [-0.2, -0.15) is 0 Å². The average molecular weight is 360 g/mol. The summed E-state index contributed by atoms with van der Waals surface area (Å²) in [6.45, 7) is 1.96. The van der Waals surface area contributed by atoms with Crippen molar-refractivity contribution in [3.8, 4) is 5.75 Å². The summed E-state index contributed by atoms with van der Waals surface area (Å²) >= 11 is 3.41. The topological polar surface area (TPSA) is 38.3 Å². The number of ether oxygens (including phenoxy) is 1. The largest absolute Gasteiger partial charge is 0.496 e. The molecule has 114 valence electrons. The Kier molecular flexibility index (Phi) is 5.78. The van der Waals surface area contributed by atoms with E-state index in [-0.39, 0.29) is 11.9 Å². The van der Waals surface area contributed by atoms with Crippen LogP contribution in [0.15, 0.2) is 59.1 Å². The number of methoxy groups -OCH3 is 1. The molecule has 0 unspecified atom stereocenters. The molecule has 0 saturated heterocycles. The average Bonchev–Trinajstić information content (AvgIpc) is 2.54. The molecule has 22 heavy (non-hydrogen) atoms. The van der Waals surface area contributed by atoms with Crippen molar-refractivity contribution in [2.75, 3.05) is 7.11 Å². The zero-order chi connectivity index (χ0) is 15.9. The Labute approximate surface area is 139 Å². The van der Waals surface area contributed by atoms with Crippen molar-refractivity contribution in [2.24, 2.45) is 0 Å². The van der Waals surface area contributed by atoms with Gasteiger partial charge in [-0.15, -0.1) is 0 Å². The lowest BCUT2D eigenvalue weighted by Gasteiger charge is -2.12. The lowest BCUT2D eigenvalue weighted by molar-refractivity contribution is -0.117. The first kappa shape index (κ1) is 16.3. The fourth-order valence-electron chi connectivity index (χ4n) is 2.09. The van der Waals surface area contributed by atoms with Gasteiger partial charge in [0.15, 0.2) is 0 Å². The summed E-state index contributed by atoms with van der Waals surface area (Å²) in [5.41, 5.74) is 1.92. The molecule has 0 heterocycles. The van der Waals surface area contributed by atoms with Gasteiger partial charge in [-0.05, 0) is 36.8 Å². The van der Waals surface area contributed by atoms with Crippen LogP contribution in [0.2, 0.25) is 0 Å². The molecule has 0 aliphatic rings. The minimum Gasteiger partial charge on any atom is -0.496 e. The number of carbonyl (C=O) groups excluding carboxylic acids is 1. The zero-order valence-corrected chi connectivity index (χ0v) is 14.1. The van der Waals surface area contributed by atoms with Crippen LogP contribution in [0.5, 0.6) is 5.75 Å². The van der Waals surface area contributed by atoms with E-state index in [9.17, 15) is 4.79 Å². The number of hydrogen-bond donors (Lipinski definition) is 1. The standard InChI is InChI=1S/C18H18BrNO2/c1-13(14-6-4-3-5-7-14)20-18(21)11-8-15-12-16(19)9-10-17(15)22-2/h3-13H,1-2H3,(H,20,21)/b11-8+/t13-/m0/s1. The summed E-state index contributed by atoms with van der Waals surface area (Å²) in [4.78, 5) is 12.0. The maximum Gasteiger partial charge on any atom is 0.244 e. The molecule has 0 radical (unpaired) electrons. The van der Waals surface area contributed by atoms with Gasteiger partial charge in [0.1, 0.15) is 5.75 Å². The summed E-state index contributed by atoms with van der Waals surface area (Å²) in [5.74, 6) is 0.585. The van der Waals surface area contributed by atoms with E-state index in [1.807, 2.05) is 55.5 Å². The highest BCUT2D eigenvalue weighted by Gasteiger charge is 2.07. The quantitative estimate of drug-likeness (QED) is 0.806.